The Bertz CT molecular complexity index is 904. The first kappa shape index (κ1) is 33.0. The van der Waals surface area contributed by atoms with Gasteiger partial charge in [-0.2, -0.15) is 4.90 Å². The number of nitrogens with one attached hydrogen (secondary N) is 3. The van der Waals surface area contributed by atoms with E-state index in [4.69, 9.17) is 4.74 Å². The fourth-order valence-electron chi connectivity index (χ4n) is 3.21. The zero-order chi connectivity index (χ0) is 29.1. The Morgan fingerprint density at radius 3 is 2.16 bits per heavy atom. The molecule has 0 aliphatic rings. The third-order valence-corrected chi connectivity index (χ3v) is 4.82. The number of halogens is 3. The maximum Gasteiger partial charge on any atom is 0.573 e. The van der Waals surface area contributed by atoms with Crippen molar-refractivity contribution in [2.75, 3.05) is 24.5 Å². The van der Waals surface area contributed by atoms with E-state index in [0.717, 1.165) is 24.3 Å². The smallest absolute Gasteiger partial charge is 0.443 e. The predicted molar refractivity (Wildman–Crippen MR) is 136 cm³/mol. The zero-order valence-corrected chi connectivity index (χ0v) is 22.6. The topological polar surface area (TPSA) is 129 Å². The lowest BCUT2D eigenvalue weighted by molar-refractivity contribution is -0.274. The van der Waals surface area contributed by atoms with Crippen molar-refractivity contribution >= 4 is 23.7 Å². The lowest BCUT2D eigenvalue weighted by atomic mass is 10.1. The first-order chi connectivity index (χ1) is 17.5. The molecule has 0 fully saturated rings. The van der Waals surface area contributed by atoms with Crippen LogP contribution >= 0.6 is 0 Å². The Morgan fingerprint density at radius 1 is 1.05 bits per heavy atom. The minimum Gasteiger partial charge on any atom is -0.443 e. The number of amides is 4. The predicted octanol–water partition coefficient (Wildman–Crippen LogP) is 3.93. The van der Waals surface area contributed by atoms with E-state index in [0.29, 0.717) is 36.7 Å². The van der Waals surface area contributed by atoms with Gasteiger partial charge in [-0.3, -0.25) is 4.79 Å². The second kappa shape index (κ2) is 14.8. The molecule has 0 unspecified atom stereocenters. The molecule has 1 aromatic rings. The first-order valence-corrected chi connectivity index (χ1v) is 12.4. The van der Waals surface area contributed by atoms with Gasteiger partial charge in [0.05, 0.1) is 24.4 Å². The molecule has 0 aliphatic heterocycles. The van der Waals surface area contributed by atoms with Crippen molar-refractivity contribution in [2.45, 2.75) is 78.5 Å². The Morgan fingerprint density at radius 2 is 1.66 bits per heavy atom. The van der Waals surface area contributed by atoms with Crippen LogP contribution in [0, 0.1) is 5.92 Å². The molecular weight excluding hydrogens is 509 g/mol. The number of nitrogens with zero attached hydrogens (tertiary/aromatic N) is 1. The number of alkyl halides is 3. The number of carbonyl (C=O) groups is 3. The number of benzene rings is 1. The van der Waals surface area contributed by atoms with Crippen molar-refractivity contribution in [1.29, 1.82) is 0 Å². The van der Waals surface area contributed by atoms with E-state index >= 15 is 0 Å². The van der Waals surface area contributed by atoms with Crippen molar-refractivity contribution in [3.8, 4) is 5.75 Å². The minimum absolute atomic E-state index is 0.110. The number of imide groups is 1. The highest BCUT2D eigenvalue weighted by Crippen LogP contribution is 2.26. The Labute approximate surface area is 221 Å². The summed E-state index contributed by atoms with van der Waals surface area (Å²) in [6, 6.07) is 2.36. The molecule has 1 aromatic carbocycles. The van der Waals surface area contributed by atoms with E-state index in [9.17, 15) is 32.7 Å². The maximum absolute atomic E-state index is 12.9. The number of urea groups is 1. The average Bonchev–Trinajstić information content (AvgIpc) is 2.76. The van der Waals surface area contributed by atoms with Crippen LogP contribution < -0.4 is 25.6 Å². The van der Waals surface area contributed by atoms with E-state index in [1.165, 1.54) is 0 Å². The van der Waals surface area contributed by atoms with Crippen LogP contribution in [-0.2, 0) is 9.53 Å². The van der Waals surface area contributed by atoms with E-state index in [2.05, 4.69) is 20.7 Å². The fourth-order valence-corrected chi connectivity index (χ4v) is 3.21. The van der Waals surface area contributed by atoms with Crippen LogP contribution in [0.25, 0.3) is 0 Å². The van der Waals surface area contributed by atoms with Crippen LogP contribution in [0.4, 0.5) is 28.4 Å². The number of rotatable bonds is 12. The lowest BCUT2D eigenvalue weighted by Crippen LogP contribution is -2.53. The number of hydrogen-bond acceptors (Lipinski definition) is 7. The van der Waals surface area contributed by atoms with Gasteiger partial charge in [0.1, 0.15) is 11.4 Å². The van der Waals surface area contributed by atoms with Crippen molar-refractivity contribution in [1.82, 2.24) is 16.0 Å². The standard InChI is InChI=1S/C25H39F3N4O6/c1-7-8-20(33)19(14-29-13-16(2)3)31-21(34)15-30-22(35)32(23(36)38-24(4,5)6)17-9-11-18(12-10-17)37-25(26,27)28/h9-12,16,19-20,29,33H,7-8,13-15H2,1-6H3,(H,30,35)(H,31,34)/t19-,20-/m0/s1. The van der Waals surface area contributed by atoms with Gasteiger partial charge in [0.15, 0.2) is 0 Å². The zero-order valence-electron chi connectivity index (χ0n) is 22.6. The van der Waals surface area contributed by atoms with Crippen molar-refractivity contribution in [3.63, 3.8) is 0 Å². The van der Waals surface area contributed by atoms with Gasteiger partial charge in [0, 0.05) is 6.54 Å². The Hall–Kier alpha value is -3.06. The average molecular weight is 549 g/mol. The number of aliphatic hydroxyl groups excluding tert-OH is 1. The molecule has 0 saturated heterocycles. The fraction of sp³-hybridized carbons (Fsp3) is 0.640. The second-order valence-electron chi connectivity index (χ2n) is 10.1. The molecule has 4 amide bonds. The third kappa shape index (κ3) is 13.0. The van der Waals surface area contributed by atoms with Gasteiger partial charge in [-0.05, 0) is 63.9 Å². The summed E-state index contributed by atoms with van der Waals surface area (Å²) in [5.41, 5.74) is -1.10. The van der Waals surface area contributed by atoms with Gasteiger partial charge in [0.25, 0.3) is 0 Å². The van der Waals surface area contributed by atoms with E-state index in [-0.39, 0.29) is 5.69 Å². The van der Waals surface area contributed by atoms with Crippen molar-refractivity contribution < 1.29 is 42.1 Å². The third-order valence-electron chi connectivity index (χ3n) is 4.82. The monoisotopic (exact) mass is 548 g/mol. The SMILES string of the molecule is CCC[C@H](O)[C@H](CNCC(C)C)NC(=O)CNC(=O)N(C(=O)OC(C)(C)C)c1ccc(OC(F)(F)F)cc1. The highest BCUT2D eigenvalue weighted by Gasteiger charge is 2.32. The molecule has 0 aromatic heterocycles. The van der Waals surface area contributed by atoms with Crippen LogP contribution in [-0.4, -0.2) is 66.9 Å². The van der Waals surface area contributed by atoms with E-state index < -0.39 is 54.4 Å². The molecule has 13 heteroatoms. The largest absolute Gasteiger partial charge is 0.573 e. The Balaban J connectivity index is 2.97. The van der Waals surface area contributed by atoms with Crippen molar-refractivity contribution in [3.05, 3.63) is 24.3 Å². The van der Waals surface area contributed by atoms with Gasteiger partial charge < -0.3 is 30.5 Å². The highest BCUT2D eigenvalue weighted by molar-refractivity contribution is 6.12. The highest BCUT2D eigenvalue weighted by atomic mass is 19.4. The normalized spacial score (nSPS) is 13.4. The Kier molecular flexibility index (Phi) is 12.8. The molecule has 0 spiro atoms. The molecule has 4 N–H and O–H groups in total. The van der Waals surface area contributed by atoms with Crippen LogP contribution in [0.1, 0.15) is 54.4 Å². The molecule has 0 bridgehead atoms. The number of ether oxygens (including phenoxy) is 2. The number of anilines is 1. The number of hydrogen-bond donors (Lipinski definition) is 4. The molecule has 0 heterocycles. The van der Waals surface area contributed by atoms with Crippen molar-refractivity contribution in [2.24, 2.45) is 5.92 Å². The molecule has 0 saturated carbocycles. The molecule has 10 nitrogen and oxygen atoms in total. The number of carbonyl (C=O) groups excluding carboxylic acids is 3. The summed E-state index contributed by atoms with van der Waals surface area (Å²) in [5.74, 6) is -0.794. The van der Waals surface area contributed by atoms with Crippen LogP contribution in [0.3, 0.4) is 0 Å². The van der Waals surface area contributed by atoms with Crippen LogP contribution in [0.5, 0.6) is 5.75 Å². The lowest BCUT2D eigenvalue weighted by Gasteiger charge is -2.27. The summed E-state index contributed by atoms with van der Waals surface area (Å²) < 4.78 is 46.5. The number of aliphatic hydroxyl groups is 1. The quantitative estimate of drug-likeness (QED) is 0.312. The molecule has 38 heavy (non-hydrogen) atoms. The maximum atomic E-state index is 12.9. The summed E-state index contributed by atoms with van der Waals surface area (Å²) in [5, 5.41) is 18.6. The van der Waals surface area contributed by atoms with E-state index in [1.54, 1.807) is 20.8 Å². The van der Waals surface area contributed by atoms with Crippen LogP contribution in [0.2, 0.25) is 0 Å². The summed E-state index contributed by atoms with van der Waals surface area (Å²) >= 11 is 0. The van der Waals surface area contributed by atoms with Gasteiger partial charge in [-0.25, -0.2) is 9.59 Å². The first-order valence-electron chi connectivity index (χ1n) is 12.4. The van der Waals surface area contributed by atoms with Gasteiger partial charge >= 0.3 is 18.5 Å². The molecule has 0 radical (unpaired) electrons. The molecule has 216 valence electrons. The molecule has 2 atom stereocenters. The van der Waals surface area contributed by atoms with Crippen LogP contribution in [0.15, 0.2) is 24.3 Å². The van der Waals surface area contributed by atoms with Gasteiger partial charge in [-0.15, -0.1) is 13.2 Å². The summed E-state index contributed by atoms with van der Waals surface area (Å²) in [7, 11) is 0. The molecular formula is C25H39F3N4O6. The van der Waals surface area contributed by atoms with Gasteiger partial charge in [0.2, 0.25) is 5.91 Å². The second-order valence-corrected chi connectivity index (χ2v) is 10.1. The summed E-state index contributed by atoms with van der Waals surface area (Å²) in [6.45, 7) is 11.1. The van der Waals surface area contributed by atoms with Gasteiger partial charge in [-0.1, -0.05) is 27.2 Å². The molecule has 1 rings (SSSR count). The minimum atomic E-state index is -4.91. The summed E-state index contributed by atoms with van der Waals surface area (Å²) in [4.78, 5) is 38.8. The summed E-state index contributed by atoms with van der Waals surface area (Å²) in [6.07, 6.45) is -5.67. The van der Waals surface area contributed by atoms with E-state index in [1.807, 2.05) is 20.8 Å². The molecule has 0 aliphatic carbocycles.